The van der Waals surface area contributed by atoms with Gasteiger partial charge in [0.25, 0.3) is 5.91 Å². The van der Waals surface area contributed by atoms with E-state index in [1.54, 1.807) is 29.1 Å². The molecule has 2 heterocycles. The van der Waals surface area contributed by atoms with Crippen LogP contribution in [0.5, 0.6) is 17.2 Å². The molecule has 5 rings (SSSR count). The highest BCUT2D eigenvalue weighted by Gasteiger charge is 2.18. The Balaban J connectivity index is 1.45. The van der Waals surface area contributed by atoms with E-state index in [0.717, 1.165) is 11.3 Å². The van der Waals surface area contributed by atoms with E-state index in [0.29, 0.717) is 27.6 Å². The van der Waals surface area contributed by atoms with Gasteiger partial charge in [0.05, 0.1) is 30.3 Å². The summed E-state index contributed by atoms with van der Waals surface area (Å²) in [6.07, 6.45) is 1.65. The highest BCUT2D eigenvalue weighted by atomic mass is 32.1. The van der Waals surface area contributed by atoms with E-state index in [1.807, 2.05) is 37.4 Å². The molecule has 1 amide bonds. The first kappa shape index (κ1) is 26.8. The summed E-state index contributed by atoms with van der Waals surface area (Å²) < 4.78 is 31.3. The van der Waals surface area contributed by atoms with Crippen LogP contribution in [0.1, 0.15) is 29.8 Å². The smallest absolute Gasteiger partial charge is 0.343 e. The van der Waals surface area contributed by atoms with Crippen molar-refractivity contribution >= 4 is 35.1 Å². The zero-order valence-electron chi connectivity index (χ0n) is 21.9. The summed E-state index contributed by atoms with van der Waals surface area (Å²) in [6, 6.07) is 15.7. The van der Waals surface area contributed by atoms with Crippen molar-refractivity contribution in [1.82, 2.24) is 4.68 Å². The molecule has 11 heteroatoms. The minimum atomic E-state index is -0.634. The molecule has 0 saturated heterocycles. The number of amides is 1. The monoisotopic (exact) mass is 560 g/mol. The second kappa shape index (κ2) is 11.5. The lowest BCUT2D eigenvalue weighted by molar-refractivity contribution is -0.118. The van der Waals surface area contributed by atoms with Crippen LogP contribution in [-0.2, 0) is 4.79 Å². The number of thiazole rings is 1. The molecule has 204 valence electrons. The van der Waals surface area contributed by atoms with Crippen LogP contribution in [0.4, 0.5) is 10.1 Å². The maximum Gasteiger partial charge on any atom is 0.343 e. The van der Waals surface area contributed by atoms with Gasteiger partial charge in [-0.25, -0.2) is 13.9 Å². The van der Waals surface area contributed by atoms with Crippen molar-refractivity contribution in [3.8, 4) is 28.5 Å². The van der Waals surface area contributed by atoms with Gasteiger partial charge in [0, 0.05) is 17.0 Å². The molecule has 0 saturated carbocycles. The number of benzene rings is 3. The van der Waals surface area contributed by atoms with Crippen LogP contribution < -0.4 is 24.3 Å². The van der Waals surface area contributed by atoms with Crippen molar-refractivity contribution in [1.29, 1.82) is 0 Å². The summed E-state index contributed by atoms with van der Waals surface area (Å²) in [5, 5.41) is 9.49. The van der Waals surface area contributed by atoms with Gasteiger partial charge in [0.2, 0.25) is 4.80 Å². The van der Waals surface area contributed by atoms with Crippen molar-refractivity contribution in [2.24, 2.45) is 10.1 Å². The molecule has 0 atom stereocenters. The van der Waals surface area contributed by atoms with Gasteiger partial charge in [0.1, 0.15) is 11.6 Å². The van der Waals surface area contributed by atoms with Crippen molar-refractivity contribution in [2.45, 2.75) is 19.9 Å². The molecule has 0 spiro atoms. The van der Waals surface area contributed by atoms with Crippen LogP contribution in [0.3, 0.4) is 0 Å². The quantitative estimate of drug-likeness (QED) is 0.192. The summed E-state index contributed by atoms with van der Waals surface area (Å²) in [5.41, 5.74) is 3.09. The van der Waals surface area contributed by atoms with Crippen molar-refractivity contribution in [2.75, 3.05) is 19.0 Å². The second-order valence-corrected chi connectivity index (χ2v) is 9.87. The first-order valence-electron chi connectivity index (χ1n) is 12.3. The number of fused-ring (bicyclic) bond motifs is 1. The molecule has 0 fully saturated rings. The first-order valence-corrected chi connectivity index (χ1v) is 13.2. The number of methoxy groups -OCH3 is 1. The Bertz CT molecular complexity index is 1670. The molecule has 0 radical (unpaired) electrons. The predicted molar refractivity (Wildman–Crippen MR) is 150 cm³/mol. The van der Waals surface area contributed by atoms with E-state index in [9.17, 15) is 14.0 Å². The molecule has 40 heavy (non-hydrogen) atoms. The molecular formula is C29H25FN4O5S. The molecular weight excluding hydrogens is 535 g/mol. The van der Waals surface area contributed by atoms with E-state index in [4.69, 9.17) is 24.3 Å². The summed E-state index contributed by atoms with van der Waals surface area (Å²) in [7, 11) is 1.47. The summed E-state index contributed by atoms with van der Waals surface area (Å²) >= 11 is 1.45. The molecule has 9 nitrogen and oxygen atoms in total. The number of aromatic nitrogens is 1. The van der Waals surface area contributed by atoms with Crippen LogP contribution in [-0.4, -0.2) is 42.5 Å². The largest absolute Gasteiger partial charge is 0.493 e. The number of hydrogen-bond donors (Lipinski definition) is 1. The topological polar surface area (TPSA) is 104 Å². The Hall–Kier alpha value is -4.77. The van der Waals surface area contributed by atoms with E-state index in [2.05, 4.69) is 5.32 Å². The van der Waals surface area contributed by atoms with Crippen molar-refractivity contribution < 1.29 is 28.2 Å². The van der Waals surface area contributed by atoms with Gasteiger partial charge in [-0.1, -0.05) is 0 Å². The molecule has 1 aliphatic heterocycles. The van der Waals surface area contributed by atoms with Crippen LogP contribution in [0.25, 0.3) is 11.3 Å². The van der Waals surface area contributed by atoms with E-state index in [1.165, 1.54) is 42.7 Å². The fourth-order valence-corrected chi connectivity index (χ4v) is 4.85. The van der Waals surface area contributed by atoms with Crippen LogP contribution in [0.15, 0.2) is 76.1 Å². The van der Waals surface area contributed by atoms with Crippen molar-refractivity contribution in [3.05, 3.63) is 87.8 Å². The van der Waals surface area contributed by atoms with Gasteiger partial charge in [0.15, 0.2) is 18.1 Å². The number of halogens is 1. The highest BCUT2D eigenvalue weighted by molar-refractivity contribution is 7.07. The fourth-order valence-electron chi connectivity index (χ4n) is 3.88. The lowest BCUT2D eigenvalue weighted by atomic mass is 10.1. The number of rotatable bonds is 7. The molecule has 0 aliphatic carbocycles. The normalized spacial score (nSPS) is 13.2. The van der Waals surface area contributed by atoms with Crippen LogP contribution in [0.2, 0.25) is 0 Å². The number of esters is 1. The lowest BCUT2D eigenvalue weighted by Crippen LogP contribution is -2.25. The number of nitrogens with zero attached hydrogens (tertiary/aromatic N) is 3. The Morgan fingerprint density at radius 2 is 1.93 bits per heavy atom. The van der Waals surface area contributed by atoms with Gasteiger partial charge in [-0.15, -0.1) is 11.3 Å². The van der Waals surface area contributed by atoms with Crippen LogP contribution >= 0.6 is 11.3 Å². The molecule has 1 N–H and O–H groups in total. The van der Waals surface area contributed by atoms with Gasteiger partial charge in [-0.05, 0) is 80.1 Å². The minimum absolute atomic E-state index is 0.0137. The number of ether oxygens (including phenoxy) is 3. The number of carbonyl (C=O) groups is 2. The SMILES string of the molecule is COc1cc(C=Nn2c(-c3ccc4c(c3)NC(=O)CO4)csc2=NC(C)C)ccc1OC(=O)c1ccc(F)cc1. The third-order valence-corrected chi connectivity index (χ3v) is 6.58. The molecule has 0 unspecified atom stereocenters. The van der Waals surface area contributed by atoms with E-state index >= 15 is 0 Å². The zero-order chi connectivity index (χ0) is 28.2. The molecule has 3 aromatic carbocycles. The lowest BCUT2D eigenvalue weighted by Gasteiger charge is -2.18. The fraction of sp³-hybridized carbons (Fsp3) is 0.172. The Morgan fingerprint density at radius 1 is 1.12 bits per heavy atom. The number of nitrogens with one attached hydrogen (secondary N) is 1. The molecule has 4 aromatic rings. The predicted octanol–water partition coefficient (Wildman–Crippen LogP) is 5.11. The van der Waals surface area contributed by atoms with Gasteiger partial charge in [-0.2, -0.15) is 5.10 Å². The standard InChI is InChI=1S/C29H25FN4O5S/c1-17(2)32-29-34(23(16-40-29)20-7-11-24-22(13-20)33-27(35)15-38-24)31-14-18-4-10-25(26(12-18)37-3)39-28(36)19-5-8-21(30)9-6-19/h4-14,16-17H,15H2,1-3H3,(H,33,35). The third kappa shape index (κ3) is 5.94. The van der Waals surface area contributed by atoms with Gasteiger partial charge in [-0.3, -0.25) is 9.79 Å². The first-order chi connectivity index (χ1) is 19.3. The maximum atomic E-state index is 13.2. The minimum Gasteiger partial charge on any atom is -0.493 e. The summed E-state index contributed by atoms with van der Waals surface area (Å²) in [4.78, 5) is 29.7. The molecule has 0 bridgehead atoms. The zero-order valence-corrected chi connectivity index (χ0v) is 22.7. The summed E-state index contributed by atoms with van der Waals surface area (Å²) in [5.74, 6) is -0.143. The van der Waals surface area contributed by atoms with E-state index in [-0.39, 0.29) is 29.9 Å². The molecule has 1 aliphatic rings. The van der Waals surface area contributed by atoms with E-state index < -0.39 is 11.8 Å². The van der Waals surface area contributed by atoms with Crippen molar-refractivity contribution in [3.63, 3.8) is 0 Å². The maximum absolute atomic E-state index is 13.2. The number of hydrogen-bond acceptors (Lipinski definition) is 8. The number of carbonyl (C=O) groups excluding carboxylic acids is 2. The Labute approximate surface area is 233 Å². The van der Waals surface area contributed by atoms with Gasteiger partial charge >= 0.3 is 5.97 Å². The molecule has 1 aromatic heterocycles. The van der Waals surface area contributed by atoms with Gasteiger partial charge < -0.3 is 19.5 Å². The number of anilines is 1. The average Bonchev–Trinajstić information content (AvgIpc) is 3.33. The van der Waals surface area contributed by atoms with Crippen LogP contribution in [0, 0.1) is 5.82 Å². The third-order valence-electron chi connectivity index (χ3n) is 5.75. The second-order valence-electron chi connectivity index (χ2n) is 9.04. The summed E-state index contributed by atoms with van der Waals surface area (Å²) in [6.45, 7) is 3.95. The Morgan fingerprint density at radius 3 is 2.67 bits per heavy atom. The Kier molecular flexibility index (Phi) is 7.74. The average molecular weight is 561 g/mol. The highest BCUT2D eigenvalue weighted by Crippen LogP contribution is 2.33.